The van der Waals surface area contributed by atoms with Gasteiger partial charge < -0.3 is 10.1 Å². The molecule has 8 rings (SSSR count). The van der Waals surface area contributed by atoms with Gasteiger partial charge in [-0.1, -0.05) is 11.6 Å². The van der Waals surface area contributed by atoms with Crippen molar-refractivity contribution in [3.8, 4) is 11.4 Å². The molecular formula is C38H33ClF6N8O5S. The van der Waals surface area contributed by atoms with E-state index in [2.05, 4.69) is 20.2 Å². The van der Waals surface area contributed by atoms with Gasteiger partial charge in [-0.25, -0.2) is 31.0 Å². The fourth-order valence-electron chi connectivity index (χ4n) is 7.91. The summed E-state index contributed by atoms with van der Waals surface area (Å²) in [5.41, 5.74) is -2.49. The summed E-state index contributed by atoms with van der Waals surface area (Å²) < 4.78 is 124. The average Bonchev–Trinajstić information content (AvgIpc) is 3.66. The lowest BCUT2D eigenvalue weighted by atomic mass is 10.0. The van der Waals surface area contributed by atoms with Crippen LogP contribution in [-0.2, 0) is 40.8 Å². The van der Waals surface area contributed by atoms with Gasteiger partial charge in [0.25, 0.3) is 17.9 Å². The first kappa shape index (κ1) is 40.2. The number of rotatable bonds is 12. The van der Waals surface area contributed by atoms with Crippen molar-refractivity contribution in [2.75, 3.05) is 11.0 Å². The summed E-state index contributed by atoms with van der Waals surface area (Å²) in [7, 11) is -2.45. The molecule has 0 aliphatic heterocycles. The molecule has 1 saturated carbocycles. The van der Waals surface area contributed by atoms with Gasteiger partial charge in [-0.05, 0) is 68.1 Å². The lowest BCUT2D eigenvalue weighted by Crippen LogP contribution is -2.38. The maximum atomic E-state index is 15.5. The highest BCUT2D eigenvalue weighted by Crippen LogP contribution is 2.68. The minimum atomic E-state index is -3.90. The third-order valence-corrected chi connectivity index (χ3v) is 11.0. The summed E-state index contributed by atoms with van der Waals surface area (Å²) in [6, 6.07) is 8.32. The zero-order valence-electron chi connectivity index (χ0n) is 31.4. The van der Waals surface area contributed by atoms with Crippen LogP contribution in [0.4, 0.5) is 32.2 Å². The van der Waals surface area contributed by atoms with Gasteiger partial charge in [-0.3, -0.25) is 28.2 Å². The molecule has 3 heterocycles. The van der Waals surface area contributed by atoms with Crippen molar-refractivity contribution in [3.05, 3.63) is 104 Å². The van der Waals surface area contributed by atoms with Crippen LogP contribution in [-0.4, -0.2) is 55.8 Å². The van der Waals surface area contributed by atoms with Crippen LogP contribution in [0.1, 0.15) is 67.0 Å². The fourth-order valence-corrected chi connectivity index (χ4v) is 8.64. The second-order valence-electron chi connectivity index (χ2n) is 14.9. The molecule has 3 aromatic heterocycles. The van der Waals surface area contributed by atoms with Gasteiger partial charge in [-0.2, -0.15) is 19.0 Å². The van der Waals surface area contributed by atoms with E-state index in [0.29, 0.717) is 16.5 Å². The molecule has 0 saturated heterocycles. The predicted octanol–water partition coefficient (Wildman–Crippen LogP) is 6.81. The zero-order chi connectivity index (χ0) is 42.5. The van der Waals surface area contributed by atoms with E-state index in [9.17, 15) is 35.6 Å². The number of carbonyl (C=O) groups is 1. The molecule has 3 aromatic carbocycles. The minimum absolute atomic E-state index is 0.000591. The second kappa shape index (κ2) is 14.3. The number of anilines is 1. The molecule has 1 amide bonds. The Hall–Kier alpha value is -5.63. The Balaban J connectivity index is 1.33. The molecule has 3 atom stereocenters. The van der Waals surface area contributed by atoms with Crippen molar-refractivity contribution in [1.82, 2.24) is 34.4 Å². The molecule has 0 radical (unpaired) electrons. The molecule has 59 heavy (non-hydrogen) atoms. The monoisotopic (exact) mass is 862 g/mol. The number of fused-ring (bicyclic) bond motifs is 5. The van der Waals surface area contributed by atoms with E-state index in [-0.39, 0.29) is 67.8 Å². The molecule has 2 unspecified atom stereocenters. The summed E-state index contributed by atoms with van der Waals surface area (Å²) in [5, 5.41) is 10.8. The third kappa shape index (κ3) is 7.25. The van der Waals surface area contributed by atoms with Crippen LogP contribution in [0.25, 0.3) is 27.5 Å². The summed E-state index contributed by atoms with van der Waals surface area (Å²) >= 11 is 6.59. The van der Waals surface area contributed by atoms with Crippen LogP contribution in [0.15, 0.2) is 53.3 Å². The molecule has 21 heteroatoms. The number of amides is 1. The first-order chi connectivity index (χ1) is 27.7. The normalized spacial score (nSPS) is 17.4. The fraction of sp³-hybridized carbons (Fsp3) is 0.342. The second-order valence-corrected chi connectivity index (χ2v) is 17.0. The Morgan fingerprint density at radius 2 is 1.78 bits per heavy atom. The summed E-state index contributed by atoms with van der Waals surface area (Å²) in [5.74, 6) is -8.68. The minimum Gasteiger partial charge on any atom is -0.491 e. The first-order valence-electron chi connectivity index (χ1n) is 18.1. The SMILES string of the molecule is CC(C)Oc1ccc2c(=O)n(-c3ccc(Cl)c4c(NS(C)(=O)=O)nn(C)c34)c([C@H](Cc3cc(F)cc(F)c3)NC(=O)Cn3nc(C(F)F)c4c3C(F)(F)C3CC43)nc2c1. The summed E-state index contributed by atoms with van der Waals surface area (Å²) in [4.78, 5) is 33.6. The highest BCUT2D eigenvalue weighted by molar-refractivity contribution is 7.92. The standard InChI is InChI=1S/C38H33ClF6N8O5S/c1-16(2)58-20-5-6-21-25(13-20)47-36(53(37(21)55)27-8-7-24(39)30-32(27)51(3)49-35(30)50-59(4,56)57)26(11-17-9-18(40)12-19(41)10-17)46-28(54)15-52-33-29(31(48-52)34(42)43)22-14-23(22)38(33,44)45/h5-10,12-13,16,22-23,26,34H,11,14-15H2,1-4H3,(H,46,54)(H,49,50)/t22?,23?,26-/m0/s1. The molecule has 13 nitrogen and oxygen atoms in total. The number of nitrogens with zero attached hydrogens (tertiary/aromatic N) is 6. The number of benzene rings is 3. The van der Waals surface area contributed by atoms with Crippen LogP contribution < -0.4 is 20.3 Å². The average molecular weight is 863 g/mol. The van der Waals surface area contributed by atoms with E-state index >= 15 is 8.78 Å². The van der Waals surface area contributed by atoms with E-state index in [0.717, 1.165) is 23.0 Å². The number of aromatic nitrogens is 6. The number of hydrogen-bond acceptors (Lipinski definition) is 8. The molecule has 310 valence electrons. The summed E-state index contributed by atoms with van der Waals surface area (Å²) in [6.07, 6.45) is -3.05. The van der Waals surface area contributed by atoms with Crippen molar-refractivity contribution < 1.29 is 44.3 Å². The van der Waals surface area contributed by atoms with Crippen molar-refractivity contribution in [2.45, 2.75) is 63.6 Å². The number of nitrogens with one attached hydrogen (secondary N) is 2. The van der Waals surface area contributed by atoms with Gasteiger partial charge in [0.15, 0.2) is 5.82 Å². The number of sulfonamides is 1. The van der Waals surface area contributed by atoms with Gasteiger partial charge in [0.05, 0.1) is 50.9 Å². The van der Waals surface area contributed by atoms with Crippen molar-refractivity contribution in [2.24, 2.45) is 13.0 Å². The van der Waals surface area contributed by atoms with Crippen LogP contribution >= 0.6 is 11.6 Å². The largest absolute Gasteiger partial charge is 0.491 e. The van der Waals surface area contributed by atoms with Crippen LogP contribution in [0.2, 0.25) is 5.02 Å². The Labute approximate surface area is 336 Å². The lowest BCUT2D eigenvalue weighted by Gasteiger charge is -2.24. The number of carbonyl (C=O) groups excluding carboxylic acids is 1. The Morgan fingerprint density at radius 1 is 1.07 bits per heavy atom. The number of ether oxygens (including phenoxy) is 1. The number of aryl methyl sites for hydroxylation is 1. The topological polar surface area (TPSA) is 155 Å². The third-order valence-electron chi connectivity index (χ3n) is 10.1. The van der Waals surface area contributed by atoms with Crippen LogP contribution in [0.5, 0.6) is 5.75 Å². The maximum absolute atomic E-state index is 15.5. The number of halogens is 7. The Bertz CT molecular complexity index is 2880. The molecule has 2 aliphatic carbocycles. The first-order valence-corrected chi connectivity index (χ1v) is 20.4. The quantitative estimate of drug-likeness (QED) is 0.127. The van der Waals surface area contributed by atoms with Gasteiger partial charge in [-0.15, -0.1) is 0 Å². The molecular weight excluding hydrogens is 830 g/mol. The van der Waals surface area contributed by atoms with Crippen LogP contribution in [0, 0.1) is 17.6 Å². The van der Waals surface area contributed by atoms with E-state index in [4.69, 9.17) is 21.3 Å². The van der Waals surface area contributed by atoms with Gasteiger partial charge in [0, 0.05) is 37.1 Å². The van der Waals surface area contributed by atoms with Gasteiger partial charge in [0.1, 0.15) is 41.1 Å². The van der Waals surface area contributed by atoms with Gasteiger partial charge >= 0.3 is 0 Å². The Kier molecular flexibility index (Phi) is 9.72. The molecule has 1 fully saturated rings. The molecule has 2 N–H and O–H groups in total. The molecule has 2 aliphatic rings. The smallest absolute Gasteiger partial charge is 0.293 e. The highest BCUT2D eigenvalue weighted by Gasteiger charge is 2.67. The molecule has 6 aromatic rings. The molecule has 0 bridgehead atoms. The lowest BCUT2D eigenvalue weighted by molar-refractivity contribution is -0.123. The van der Waals surface area contributed by atoms with E-state index in [1.807, 2.05) is 0 Å². The zero-order valence-corrected chi connectivity index (χ0v) is 33.0. The maximum Gasteiger partial charge on any atom is 0.293 e. The highest BCUT2D eigenvalue weighted by atomic mass is 35.5. The van der Waals surface area contributed by atoms with Crippen molar-refractivity contribution in [1.29, 1.82) is 0 Å². The number of hydrogen-bond donors (Lipinski definition) is 2. The van der Waals surface area contributed by atoms with Crippen LogP contribution in [0.3, 0.4) is 0 Å². The van der Waals surface area contributed by atoms with E-state index in [1.165, 1.54) is 42.1 Å². The van der Waals surface area contributed by atoms with Crippen molar-refractivity contribution in [3.63, 3.8) is 0 Å². The van der Waals surface area contributed by atoms with E-state index < -0.39 is 87.7 Å². The number of alkyl halides is 4. The van der Waals surface area contributed by atoms with Gasteiger partial charge in [0.2, 0.25) is 15.9 Å². The van der Waals surface area contributed by atoms with E-state index in [1.54, 1.807) is 13.8 Å². The molecule has 0 spiro atoms. The van der Waals surface area contributed by atoms with Crippen molar-refractivity contribution >= 4 is 55.2 Å². The summed E-state index contributed by atoms with van der Waals surface area (Å²) in [6.45, 7) is 2.57. The Morgan fingerprint density at radius 3 is 2.44 bits per heavy atom. The predicted molar refractivity (Wildman–Crippen MR) is 204 cm³/mol.